The summed E-state index contributed by atoms with van der Waals surface area (Å²) >= 11 is 12.3. The van der Waals surface area contributed by atoms with Gasteiger partial charge in [0.15, 0.2) is 0 Å². The SMILES string of the molecule is COc1cc(Cl)c(-c2ncc(C)cc2N)cc1Cl. The Labute approximate surface area is 115 Å². The van der Waals surface area contributed by atoms with E-state index < -0.39 is 0 Å². The van der Waals surface area contributed by atoms with Crippen molar-refractivity contribution >= 4 is 28.9 Å². The van der Waals surface area contributed by atoms with Crippen LogP contribution in [0, 0.1) is 6.92 Å². The van der Waals surface area contributed by atoms with Crippen LogP contribution in [0.25, 0.3) is 11.3 Å². The molecule has 1 heterocycles. The lowest BCUT2D eigenvalue weighted by Crippen LogP contribution is -1.95. The van der Waals surface area contributed by atoms with Gasteiger partial charge in [0.1, 0.15) is 5.75 Å². The molecule has 2 rings (SSSR count). The van der Waals surface area contributed by atoms with E-state index in [1.165, 1.54) is 7.11 Å². The van der Waals surface area contributed by atoms with E-state index in [9.17, 15) is 0 Å². The molecule has 0 aliphatic rings. The number of halogens is 2. The molecular formula is C13H12Cl2N2O. The maximum atomic E-state index is 6.19. The molecule has 0 aliphatic heterocycles. The Morgan fingerprint density at radius 1 is 1.17 bits per heavy atom. The third-order valence-corrected chi connectivity index (χ3v) is 3.16. The van der Waals surface area contributed by atoms with Gasteiger partial charge in [0, 0.05) is 17.8 Å². The molecule has 0 aliphatic carbocycles. The first kappa shape index (κ1) is 13.0. The van der Waals surface area contributed by atoms with Crippen LogP contribution in [0.2, 0.25) is 10.0 Å². The molecule has 0 saturated heterocycles. The Hall–Kier alpha value is -1.45. The Morgan fingerprint density at radius 2 is 1.89 bits per heavy atom. The summed E-state index contributed by atoms with van der Waals surface area (Å²) in [6.07, 6.45) is 1.74. The van der Waals surface area contributed by atoms with Crippen molar-refractivity contribution < 1.29 is 4.74 Å². The molecule has 0 saturated carbocycles. The fraction of sp³-hybridized carbons (Fsp3) is 0.154. The highest BCUT2D eigenvalue weighted by Crippen LogP contribution is 2.37. The van der Waals surface area contributed by atoms with Crippen molar-refractivity contribution in [3.63, 3.8) is 0 Å². The van der Waals surface area contributed by atoms with Crippen molar-refractivity contribution in [2.24, 2.45) is 0 Å². The molecule has 3 nitrogen and oxygen atoms in total. The van der Waals surface area contributed by atoms with Crippen molar-refractivity contribution in [2.45, 2.75) is 6.92 Å². The van der Waals surface area contributed by atoms with Gasteiger partial charge in [-0.3, -0.25) is 4.98 Å². The minimum atomic E-state index is 0.471. The zero-order valence-electron chi connectivity index (χ0n) is 10.00. The van der Waals surface area contributed by atoms with Gasteiger partial charge in [-0.05, 0) is 24.6 Å². The summed E-state index contributed by atoms with van der Waals surface area (Å²) in [5.74, 6) is 0.524. The number of methoxy groups -OCH3 is 1. The number of pyridine rings is 1. The van der Waals surface area contributed by atoms with Crippen LogP contribution in [0.5, 0.6) is 5.75 Å². The van der Waals surface area contributed by atoms with Gasteiger partial charge in [0.05, 0.1) is 28.5 Å². The summed E-state index contributed by atoms with van der Waals surface area (Å²) in [6, 6.07) is 5.20. The molecule has 0 fully saturated rings. The maximum absolute atomic E-state index is 6.19. The van der Waals surface area contributed by atoms with E-state index in [0.717, 1.165) is 5.56 Å². The van der Waals surface area contributed by atoms with Gasteiger partial charge >= 0.3 is 0 Å². The maximum Gasteiger partial charge on any atom is 0.138 e. The number of ether oxygens (including phenoxy) is 1. The van der Waals surface area contributed by atoms with Crippen LogP contribution in [0.3, 0.4) is 0 Å². The van der Waals surface area contributed by atoms with Gasteiger partial charge in [-0.1, -0.05) is 23.2 Å². The monoisotopic (exact) mass is 282 g/mol. The first-order chi connectivity index (χ1) is 8.52. The average molecular weight is 283 g/mol. The van der Waals surface area contributed by atoms with Gasteiger partial charge in [-0.15, -0.1) is 0 Å². The number of nitrogens with two attached hydrogens (primary N) is 1. The van der Waals surface area contributed by atoms with Gasteiger partial charge in [0.25, 0.3) is 0 Å². The third kappa shape index (κ3) is 2.37. The molecule has 2 N–H and O–H groups in total. The minimum absolute atomic E-state index is 0.471. The van der Waals surface area contributed by atoms with Gasteiger partial charge < -0.3 is 10.5 Å². The summed E-state index contributed by atoms with van der Waals surface area (Å²) in [7, 11) is 1.54. The molecule has 0 bridgehead atoms. The molecular weight excluding hydrogens is 271 g/mol. The minimum Gasteiger partial charge on any atom is -0.495 e. The second-order valence-corrected chi connectivity index (χ2v) is 4.73. The predicted octanol–water partition coefficient (Wildman–Crippen LogP) is 3.95. The highest BCUT2D eigenvalue weighted by molar-refractivity contribution is 6.36. The summed E-state index contributed by atoms with van der Waals surface area (Å²) in [5, 5.41) is 0.970. The lowest BCUT2D eigenvalue weighted by molar-refractivity contribution is 0.415. The smallest absolute Gasteiger partial charge is 0.138 e. The van der Waals surface area contributed by atoms with Crippen LogP contribution in [0.1, 0.15) is 5.56 Å². The number of nitrogens with zero attached hydrogens (tertiary/aromatic N) is 1. The predicted molar refractivity (Wildman–Crippen MR) is 75.4 cm³/mol. The first-order valence-electron chi connectivity index (χ1n) is 5.28. The van der Waals surface area contributed by atoms with E-state index in [0.29, 0.717) is 32.7 Å². The number of aromatic nitrogens is 1. The van der Waals surface area contributed by atoms with Crippen LogP contribution in [0.15, 0.2) is 24.4 Å². The van der Waals surface area contributed by atoms with Crippen LogP contribution in [0.4, 0.5) is 5.69 Å². The highest BCUT2D eigenvalue weighted by Gasteiger charge is 2.13. The Kier molecular flexibility index (Phi) is 3.64. The van der Waals surface area contributed by atoms with Gasteiger partial charge in [-0.25, -0.2) is 0 Å². The fourth-order valence-corrected chi connectivity index (χ4v) is 2.17. The molecule has 1 aromatic heterocycles. The third-order valence-electron chi connectivity index (χ3n) is 2.55. The van der Waals surface area contributed by atoms with Crippen molar-refractivity contribution in [2.75, 3.05) is 12.8 Å². The second-order valence-electron chi connectivity index (χ2n) is 3.92. The topological polar surface area (TPSA) is 48.1 Å². The molecule has 0 spiro atoms. The zero-order chi connectivity index (χ0) is 13.3. The number of nitrogen functional groups attached to an aromatic ring is 1. The van der Waals surface area contributed by atoms with E-state index >= 15 is 0 Å². The van der Waals surface area contributed by atoms with E-state index in [1.807, 2.05) is 13.0 Å². The van der Waals surface area contributed by atoms with Gasteiger partial charge in [0.2, 0.25) is 0 Å². The highest BCUT2D eigenvalue weighted by atomic mass is 35.5. The van der Waals surface area contributed by atoms with E-state index in [2.05, 4.69) is 4.98 Å². The normalized spacial score (nSPS) is 10.4. The van der Waals surface area contributed by atoms with E-state index in [-0.39, 0.29) is 0 Å². The number of hydrogen-bond donors (Lipinski definition) is 1. The summed E-state index contributed by atoms with van der Waals surface area (Å²) < 4.78 is 5.10. The Bertz CT molecular complexity index is 600. The molecule has 94 valence electrons. The van der Waals surface area contributed by atoms with Crippen LogP contribution >= 0.6 is 23.2 Å². The van der Waals surface area contributed by atoms with Crippen molar-refractivity contribution in [3.05, 3.63) is 40.0 Å². The Morgan fingerprint density at radius 3 is 2.50 bits per heavy atom. The zero-order valence-corrected chi connectivity index (χ0v) is 11.5. The van der Waals surface area contributed by atoms with Crippen LogP contribution < -0.4 is 10.5 Å². The largest absolute Gasteiger partial charge is 0.495 e. The lowest BCUT2D eigenvalue weighted by Gasteiger charge is -2.10. The Balaban J connectivity index is 2.60. The van der Waals surface area contributed by atoms with Crippen LogP contribution in [-0.4, -0.2) is 12.1 Å². The van der Waals surface area contributed by atoms with Crippen molar-refractivity contribution in [1.29, 1.82) is 0 Å². The second kappa shape index (κ2) is 5.04. The van der Waals surface area contributed by atoms with Crippen molar-refractivity contribution in [3.8, 4) is 17.0 Å². The van der Waals surface area contributed by atoms with Gasteiger partial charge in [-0.2, -0.15) is 0 Å². The summed E-state index contributed by atoms with van der Waals surface area (Å²) in [4.78, 5) is 4.30. The average Bonchev–Trinajstić information content (AvgIpc) is 2.32. The molecule has 18 heavy (non-hydrogen) atoms. The molecule has 0 radical (unpaired) electrons. The standard InChI is InChI=1S/C13H12Cl2N2O/c1-7-3-11(16)13(17-6-7)8-4-10(15)12(18-2)5-9(8)14/h3-6H,16H2,1-2H3. The van der Waals surface area contributed by atoms with Crippen LogP contribution in [-0.2, 0) is 0 Å². The number of rotatable bonds is 2. The van der Waals surface area contributed by atoms with E-state index in [4.69, 9.17) is 33.7 Å². The lowest BCUT2D eigenvalue weighted by atomic mass is 10.1. The quantitative estimate of drug-likeness (QED) is 0.907. The molecule has 0 unspecified atom stereocenters. The molecule has 2 aromatic rings. The van der Waals surface area contributed by atoms with E-state index in [1.54, 1.807) is 18.3 Å². The van der Waals surface area contributed by atoms with Crippen molar-refractivity contribution in [1.82, 2.24) is 4.98 Å². The number of hydrogen-bond acceptors (Lipinski definition) is 3. The molecule has 0 amide bonds. The summed E-state index contributed by atoms with van der Waals surface area (Å²) in [6.45, 7) is 1.93. The number of benzene rings is 1. The molecule has 0 atom stereocenters. The summed E-state index contributed by atoms with van der Waals surface area (Å²) in [5.41, 5.74) is 8.82. The molecule has 5 heteroatoms. The first-order valence-corrected chi connectivity index (χ1v) is 6.04. The molecule has 1 aromatic carbocycles. The number of aryl methyl sites for hydroxylation is 1. The fourth-order valence-electron chi connectivity index (χ4n) is 1.68. The number of anilines is 1.